The lowest BCUT2D eigenvalue weighted by Crippen LogP contribution is -1.96. The number of hydrogen-bond donors (Lipinski definition) is 1. The van der Waals surface area contributed by atoms with E-state index in [0.717, 1.165) is 11.1 Å². The molecule has 0 radical (unpaired) electrons. The third-order valence-corrected chi connectivity index (χ3v) is 3.03. The number of aromatic nitrogens is 5. The highest BCUT2D eigenvalue weighted by Crippen LogP contribution is 2.27. The van der Waals surface area contributed by atoms with Gasteiger partial charge in [0.1, 0.15) is 11.6 Å². The number of Topliss-reactive ketones (excluding diaryl/α,β-unsaturated/α-hetero) is 1. The van der Waals surface area contributed by atoms with Gasteiger partial charge in [-0.3, -0.25) is 9.89 Å². The monoisotopic (exact) mass is 295 g/mol. The van der Waals surface area contributed by atoms with Crippen molar-refractivity contribution in [3.8, 4) is 22.8 Å². The molecule has 1 aromatic carbocycles. The van der Waals surface area contributed by atoms with Crippen LogP contribution in [-0.4, -0.2) is 31.2 Å². The molecule has 0 saturated carbocycles. The molecule has 0 fully saturated rings. The van der Waals surface area contributed by atoms with Crippen LogP contribution in [0.1, 0.15) is 23.2 Å². The van der Waals surface area contributed by atoms with Gasteiger partial charge < -0.3 is 4.74 Å². The van der Waals surface area contributed by atoms with E-state index in [1.54, 1.807) is 18.5 Å². The highest BCUT2D eigenvalue weighted by molar-refractivity contribution is 5.94. The van der Waals surface area contributed by atoms with Crippen LogP contribution in [0.25, 0.3) is 11.1 Å². The van der Waals surface area contributed by atoms with E-state index in [1.165, 1.54) is 6.92 Å². The van der Waals surface area contributed by atoms with E-state index in [0.29, 0.717) is 11.6 Å². The van der Waals surface area contributed by atoms with Gasteiger partial charge in [0.05, 0.1) is 0 Å². The van der Waals surface area contributed by atoms with Crippen LogP contribution < -0.4 is 4.74 Å². The molecule has 22 heavy (non-hydrogen) atoms. The molecular formula is C15H13N5O2. The zero-order chi connectivity index (χ0) is 15.5. The molecule has 0 bridgehead atoms. The van der Waals surface area contributed by atoms with Crippen LogP contribution in [0.2, 0.25) is 0 Å². The van der Waals surface area contributed by atoms with Gasteiger partial charge in [0.15, 0.2) is 11.5 Å². The molecule has 0 aliphatic rings. The minimum atomic E-state index is -0.192. The molecule has 0 amide bonds. The van der Waals surface area contributed by atoms with E-state index in [9.17, 15) is 4.79 Å². The average Bonchev–Trinajstić information content (AvgIpc) is 2.96. The van der Waals surface area contributed by atoms with E-state index in [1.807, 2.05) is 25.1 Å². The molecule has 7 nitrogen and oxygen atoms in total. The lowest BCUT2D eigenvalue weighted by atomic mass is 10.1. The summed E-state index contributed by atoms with van der Waals surface area (Å²) in [6.07, 6.45) is 3.50. The van der Waals surface area contributed by atoms with Gasteiger partial charge in [-0.2, -0.15) is 0 Å². The third kappa shape index (κ3) is 2.83. The van der Waals surface area contributed by atoms with Crippen molar-refractivity contribution in [2.24, 2.45) is 0 Å². The van der Waals surface area contributed by atoms with Crippen LogP contribution in [-0.2, 0) is 0 Å². The normalized spacial score (nSPS) is 10.5. The Labute approximate surface area is 126 Å². The smallest absolute Gasteiger partial charge is 0.269 e. The van der Waals surface area contributed by atoms with Crippen molar-refractivity contribution in [1.29, 1.82) is 0 Å². The fourth-order valence-electron chi connectivity index (χ4n) is 1.91. The predicted molar refractivity (Wildman–Crippen MR) is 78.7 cm³/mol. The first-order chi connectivity index (χ1) is 10.6. The van der Waals surface area contributed by atoms with Crippen LogP contribution >= 0.6 is 0 Å². The first-order valence-electron chi connectivity index (χ1n) is 6.62. The highest BCUT2D eigenvalue weighted by Gasteiger charge is 2.14. The number of carbonyl (C=O) groups excluding carboxylic acids is 1. The average molecular weight is 295 g/mol. The number of H-pyrrole nitrogens is 1. The summed E-state index contributed by atoms with van der Waals surface area (Å²) in [5, 5.41) is 9.88. The standard InChI is InChI=1S/C15H13N5O2/c1-9(21)14-15(19-20-18-14)22-13-5-3-4-11(6-13)12-7-16-10(2)17-8-12/h3-8H,1-2H3,(H,18,19,20). The van der Waals surface area contributed by atoms with Crippen molar-refractivity contribution in [2.45, 2.75) is 13.8 Å². The van der Waals surface area contributed by atoms with E-state index in [4.69, 9.17) is 4.74 Å². The molecule has 0 aliphatic carbocycles. The summed E-state index contributed by atoms with van der Waals surface area (Å²) < 4.78 is 5.63. The Bertz CT molecular complexity index is 811. The van der Waals surface area contributed by atoms with Crippen LogP contribution in [0.5, 0.6) is 11.6 Å². The second-order valence-electron chi connectivity index (χ2n) is 4.70. The summed E-state index contributed by atoms with van der Waals surface area (Å²) in [7, 11) is 0. The molecule has 7 heteroatoms. The van der Waals surface area contributed by atoms with Crippen LogP contribution in [0.4, 0.5) is 0 Å². The number of aromatic amines is 1. The molecule has 3 rings (SSSR count). The van der Waals surface area contributed by atoms with E-state index < -0.39 is 0 Å². The number of ether oxygens (including phenoxy) is 1. The van der Waals surface area contributed by atoms with Crippen molar-refractivity contribution in [1.82, 2.24) is 25.4 Å². The number of aryl methyl sites for hydroxylation is 1. The molecule has 0 spiro atoms. The van der Waals surface area contributed by atoms with E-state index in [-0.39, 0.29) is 17.4 Å². The van der Waals surface area contributed by atoms with Crippen LogP contribution in [0, 0.1) is 6.92 Å². The van der Waals surface area contributed by atoms with Gasteiger partial charge in [-0.05, 0) is 24.6 Å². The Morgan fingerprint density at radius 3 is 2.68 bits per heavy atom. The fraction of sp³-hybridized carbons (Fsp3) is 0.133. The maximum atomic E-state index is 11.4. The van der Waals surface area contributed by atoms with E-state index >= 15 is 0 Å². The molecule has 2 aromatic heterocycles. The molecule has 3 aromatic rings. The lowest BCUT2D eigenvalue weighted by Gasteiger charge is -2.06. The largest absolute Gasteiger partial charge is 0.436 e. The second kappa shape index (κ2) is 5.72. The third-order valence-electron chi connectivity index (χ3n) is 3.03. The van der Waals surface area contributed by atoms with Gasteiger partial charge in [-0.1, -0.05) is 22.4 Å². The topological polar surface area (TPSA) is 93.7 Å². The number of nitrogens with zero attached hydrogens (tertiary/aromatic N) is 4. The van der Waals surface area contributed by atoms with Crippen molar-refractivity contribution in [2.75, 3.05) is 0 Å². The summed E-state index contributed by atoms with van der Waals surface area (Å²) in [4.78, 5) is 19.8. The SMILES string of the molecule is CC(=O)c1[nH]nnc1Oc1cccc(-c2cnc(C)nc2)c1. The maximum absolute atomic E-state index is 11.4. The summed E-state index contributed by atoms with van der Waals surface area (Å²) >= 11 is 0. The molecule has 0 saturated heterocycles. The van der Waals surface area contributed by atoms with Crippen molar-refractivity contribution >= 4 is 5.78 Å². The first kappa shape index (κ1) is 13.9. The van der Waals surface area contributed by atoms with Crippen molar-refractivity contribution in [3.05, 3.63) is 48.2 Å². The number of carbonyl (C=O) groups is 1. The number of rotatable bonds is 4. The van der Waals surface area contributed by atoms with Gasteiger partial charge in [-0.15, -0.1) is 0 Å². The van der Waals surface area contributed by atoms with Gasteiger partial charge in [0.2, 0.25) is 0 Å². The molecule has 0 unspecified atom stereocenters. The summed E-state index contributed by atoms with van der Waals surface area (Å²) in [6, 6.07) is 7.37. The first-order valence-corrected chi connectivity index (χ1v) is 6.62. The second-order valence-corrected chi connectivity index (χ2v) is 4.70. The molecule has 0 aliphatic heterocycles. The molecular weight excluding hydrogens is 282 g/mol. The number of benzene rings is 1. The summed E-state index contributed by atoms with van der Waals surface area (Å²) in [5.41, 5.74) is 2.03. The lowest BCUT2D eigenvalue weighted by molar-refractivity contribution is 0.101. The quantitative estimate of drug-likeness (QED) is 0.743. The minimum absolute atomic E-state index is 0.157. The molecule has 110 valence electrons. The van der Waals surface area contributed by atoms with E-state index in [2.05, 4.69) is 25.4 Å². The van der Waals surface area contributed by atoms with Gasteiger partial charge >= 0.3 is 0 Å². The Hall–Kier alpha value is -3.09. The van der Waals surface area contributed by atoms with Crippen LogP contribution in [0.15, 0.2) is 36.7 Å². The Morgan fingerprint density at radius 2 is 1.95 bits per heavy atom. The summed E-state index contributed by atoms with van der Waals surface area (Å²) in [6.45, 7) is 3.25. The highest BCUT2D eigenvalue weighted by atomic mass is 16.5. The fourth-order valence-corrected chi connectivity index (χ4v) is 1.91. The number of nitrogens with one attached hydrogen (secondary N) is 1. The Balaban J connectivity index is 1.89. The van der Waals surface area contributed by atoms with Gasteiger partial charge in [0.25, 0.3) is 5.88 Å². The number of ketones is 1. The Morgan fingerprint density at radius 1 is 1.18 bits per heavy atom. The van der Waals surface area contributed by atoms with Crippen molar-refractivity contribution < 1.29 is 9.53 Å². The zero-order valence-electron chi connectivity index (χ0n) is 12.1. The molecule has 1 N–H and O–H groups in total. The predicted octanol–water partition coefficient (Wildman–Crippen LogP) is 2.57. The van der Waals surface area contributed by atoms with Crippen molar-refractivity contribution in [3.63, 3.8) is 0 Å². The summed E-state index contributed by atoms with van der Waals surface area (Å²) in [5.74, 6) is 1.23. The molecule has 0 atom stereocenters. The van der Waals surface area contributed by atoms with Crippen LogP contribution in [0.3, 0.4) is 0 Å². The molecule has 2 heterocycles. The Kier molecular flexibility index (Phi) is 3.61. The van der Waals surface area contributed by atoms with Gasteiger partial charge in [0, 0.05) is 24.9 Å². The maximum Gasteiger partial charge on any atom is 0.269 e. The minimum Gasteiger partial charge on any atom is -0.436 e. The van der Waals surface area contributed by atoms with Gasteiger partial charge in [-0.25, -0.2) is 9.97 Å². The zero-order valence-corrected chi connectivity index (χ0v) is 12.1. The number of hydrogen-bond acceptors (Lipinski definition) is 6.